The van der Waals surface area contributed by atoms with E-state index in [-0.39, 0.29) is 18.2 Å². The zero-order chi connectivity index (χ0) is 15.5. The van der Waals surface area contributed by atoms with Crippen LogP contribution in [-0.2, 0) is 12.7 Å². The van der Waals surface area contributed by atoms with Crippen LogP contribution in [0.5, 0.6) is 0 Å². The number of nitrogens with zero attached hydrogens (tertiary/aromatic N) is 3. The number of aromatic nitrogens is 3. The van der Waals surface area contributed by atoms with Crippen LogP contribution in [0.25, 0.3) is 0 Å². The Morgan fingerprint density at radius 3 is 2.52 bits per heavy atom. The highest BCUT2D eigenvalue weighted by Crippen LogP contribution is 2.31. The lowest BCUT2D eigenvalue weighted by atomic mass is 10.2. The number of aryl methyl sites for hydroxylation is 1. The summed E-state index contributed by atoms with van der Waals surface area (Å²) in [4.78, 5) is 12.0. The van der Waals surface area contributed by atoms with Crippen molar-refractivity contribution >= 4 is 11.6 Å². The molecule has 0 atom stereocenters. The number of rotatable bonds is 4. The van der Waals surface area contributed by atoms with Gasteiger partial charge in [-0.05, 0) is 25.1 Å². The standard InChI is InChI=1S/C12H13F3N6/c1-7-17-3-2-9(19-7)6-18-10-4-8(12(13,14)15)5-11(20-10)21-16/h2-5H,6,16H2,1H3,(H2,18,20,21). The summed E-state index contributed by atoms with van der Waals surface area (Å²) in [7, 11) is 0. The summed E-state index contributed by atoms with van der Waals surface area (Å²) in [6.45, 7) is 1.95. The molecule has 2 rings (SSSR count). The number of hydrogen-bond acceptors (Lipinski definition) is 6. The van der Waals surface area contributed by atoms with Crippen LogP contribution >= 0.6 is 0 Å². The third-order valence-electron chi connectivity index (χ3n) is 2.58. The second-order valence-corrected chi connectivity index (χ2v) is 4.22. The van der Waals surface area contributed by atoms with Crippen LogP contribution in [0.1, 0.15) is 17.1 Å². The van der Waals surface area contributed by atoms with E-state index in [0.29, 0.717) is 11.5 Å². The van der Waals surface area contributed by atoms with Gasteiger partial charge in [0.2, 0.25) is 0 Å². The van der Waals surface area contributed by atoms with Gasteiger partial charge in [0.25, 0.3) is 0 Å². The van der Waals surface area contributed by atoms with Crippen LogP contribution in [0.3, 0.4) is 0 Å². The molecule has 2 aromatic heterocycles. The van der Waals surface area contributed by atoms with E-state index in [1.54, 1.807) is 19.2 Å². The summed E-state index contributed by atoms with van der Waals surface area (Å²) in [6, 6.07) is 3.41. The van der Waals surface area contributed by atoms with Crippen LogP contribution in [0.15, 0.2) is 24.4 Å². The molecule has 2 heterocycles. The quantitative estimate of drug-likeness (QED) is 0.591. The van der Waals surface area contributed by atoms with E-state index in [1.807, 2.05) is 0 Å². The lowest BCUT2D eigenvalue weighted by Crippen LogP contribution is -2.14. The third-order valence-corrected chi connectivity index (χ3v) is 2.58. The first-order chi connectivity index (χ1) is 9.88. The van der Waals surface area contributed by atoms with E-state index >= 15 is 0 Å². The summed E-state index contributed by atoms with van der Waals surface area (Å²) in [6.07, 6.45) is -2.90. The van der Waals surface area contributed by atoms with Crippen LogP contribution in [-0.4, -0.2) is 15.0 Å². The van der Waals surface area contributed by atoms with Gasteiger partial charge in [0.15, 0.2) is 0 Å². The number of nitrogens with two attached hydrogens (primary N) is 1. The van der Waals surface area contributed by atoms with Gasteiger partial charge in [-0.3, -0.25) is 0 Å². The van der Waals surface area contributed by atoms with E-state index in [9.17, 15) is 13.2 Å². The molecule has 0 bridgehead atoms. The predicted molar refractivity (Wildman–Crippen MR) is 71.1 cm³/mol. The Balaban J connectivity index is 2.19. The molecule has 0 fully saturated rings. The van der Waals surface area contributed by atoms with Gasteiger partial charge in [-0.2, -0.15) is 13.2 Å². The van der Waals surface area contributed by atoms with Gasteiger partial charge in [0.05, 0.1) is 17.8 Å². The Hall–Kier alpha value is -2.42. The number of hydrazine groups is 1. The van der Waals surface area contributed by atoms with Crippen molar-refractivity contribution in [3.8, 4) is 0 Å². The average Bonchev–Trinajstić information content (AvgIpc) is 2.44. The van der Waals surface area contributed by atoms with Crippen molar-refractivity contribution in [3.05, 3.63) is 41.5 Å². The molecule has 0 spiro atoms. The van der Waals surface area contributed by atoms with Crippen molar-refractivity contribution in [1.82, 2.24) is 15.0 Å². The Morgan fingerprint density at radius 1 is 1.19 bits per heavy atom. The lowest BCUT2D eigenvalue weighted by molar-refractivity contribution is -0.137. The number of halogens is 3. The Kier molecular flexibility index (Phi) is 4.22. The summed E-state index contributed by atoms with van der Waals surface area (Å²) in [5.41, 5.74) is 1.91. The minimum atomic E-state index is -4.48. The molecule has 0 unspecified atom stereocenters. The van der Waals surface area contributed by atoms with Gasteiger partial charge in [-0.15, -0.1) is 0 Å². The maximum atomic E-state index is 12.8. The largest absolute Gasteiger partial charge is 0.416 e. The molecule has 0 amide bonds. The fourth-order valence-corrected chi connectivity index (χ4v) is 1.64. The normalized spacial score (nSPS) is 11.3. The van der Waals surface area contributed by atoms with Crippen molar-refractivity contribution in [3.63, 3.8) is 0 Å². The van der Waals surface area contributed by atoms with E-state index < -0.39 is 11.7 Å². The smallest absolute Gasteiger partial charge is 0.364 e. The topological polar surface area (TPSA) is 88.8 Å². The molecule has 0 aliphatic heterocycles. The summed E-state index contributed by atoms with van der Waals surface area (Å²) >= 11 is 0. The van der Waals surface area contributed by atoms with Crippen molar-refractivity contribution in [1.29, 1.82) is 0 Å². The molecule has 0 aromatic carbocycles. The van der Waals surface area contributed by atoms with Gasteiger partial charge in [0.1, 0.15) is 17.5 Å². The molecule has 112 valence electrons. The monoisotopic (exact) mass is 298 g/mol. The Bertz CT molecular complexity index is 629. The number of alkyl halides is 3. The van der Waals surface area contributed by atoms with Crippen molar-refractivity contribution in [2.75, 3.05) is 10.7 Å². The van der Waals surface area contributed by atoms with E-state index in [2.05, 4.69) is 25.7 Å². The van der Waals surface area contributed by atoms with Crippen molar-refractivity contribution in [2.45, 2.75) is 19.6 Å². The highest BCUT2D eigenvalue weighted by molar-refractivity contribution is 5.49. The third kappa shape index (κ3) is 4.02. The van der Waals surface area contributed by atoms with E-state index in [0.717, 1.165) is 12.1 Å². The van der Waals surface area contributed by atoms with Crippen LogP contribution < -0.4 is 16.6 Å². The molecule has 4 N–H and O–H groups in total. The first kappa shape index (κ1) is 15.0. The van der Waals surface area contributed by atoms with E-state index in [1.165, 1.54) is 0 Å². The van der Waals surface area contributed by atoms with Gasteiger partial charge in [-0.1, -0.05) is 0 Å². The van der Waals surface area contributed by atoms with Gasteiger partial charge >= 0.3 is 6.18 Å². The van der Waals surface area contributed by atoms with Gasteiger partial charge in [0, 0.05) is 6.20 Å². The molecule has 9 heteroatoms. The fourth-order valence-electron chi connectivity index (χ4n) is 1.64. The molecule has 21 heavy (non-hydrogen) atoms. The molecule has 0 saturated carbocycles. The Labute approximate surface area is 118 Å². The molecule has 0 aliphatic rings. The number of hydrogen-bond donors (Lipinski definition) is 3. The fraction of sp³-hybridized carbons (Fsp3) is 0.250. The molecular formula is C12H13F3N6. The maximum absolute atomic E-state index is 12.8. The molecule has 0 radical (unpaired) electrons. The number of anilines is 2. The molecular weight excluding hydrogens is 285 g/mol. The van der Waals surface area contributed by atoms with Crippen LogP contribution in [0.4, 0.5) is 24.8 Å². The highest BCUT2D eigenvalue weighted by Gasteiger charge is 2.31. The van der Waals surface area contributed by atoms with Crippen LogP contribution in [0.2, 0.25) is 0 Å². The summed E-state index contributed by atoms with van der Waals surface area (Å²) in [5, 5.41) is 2.78. The summed E-state index contributed by atoms with van der Waals surface area (Å²) < 4.78 is 38.3. The first-order valence-electron chi connectivity index (χ1n) is 5.97. The van der Waals surface area contributed by atoms with Crippen molar-refractivity contribution in [2.24, 2.45) is 5.84 Å². The van der Waals surface area contributed by atoms with E-state index in [4.69, 9.17) is 5.84 Å². The highest BCUT2D eigenvalue weighted by atomic mass is 19.4. The Morgan fingerprint density at radius 2 is 1.90 bits per heavy atom. The molecule has 2 aromatic rings. The maximum Gasteiger partial charge on any atom is 0.416 e. The zero-order valence-corrected chi connectivity index (χ0v) is 11.1. The van der Waals surface area contributed by atoms with Gasteiger partial charge < -0.3 is 10.7 Å². The molecule has 0 aliphatic carbocycles. The minimum absolute atomic E-state index is 0.0500. The second-order valence-electron chi connectivity index (χ2n) is 4.22. The first-order valence-corrected chi connectivity index (χ1v) is 5.97. The predicted octanol–water partition coefficient (Wildman–Crippen LogP) is 2.10. The SMILES string of the molecule is Cc1nccc(CNc2cc(C(F)(F)F)cc(NN)n2)n1. The number of pyridine rings is 1. The lowest BCUT2D eigenvalue weighted by Gasteiger charge is -2.12. The zero-order valence-electron chi connectivity index (χ0n) is 11.1. The minimum Gasteiger partial charge on any atom is -0.364 e. The number of nitrogen functional groups attached to an aromatic ring is 1. The van der Waals surface area contributed by atoms with Crippen LogP contribution in [0, 0.1) is 6.92 Å². The molecule has 6 nitrogen and oxygen atoms in total. The average molecular weight is 298 g/mol. The summed E-state index contributed by atoms with van der Waals surface area (Å²) in [5.74, 6) is 5.68. The number of nitrogens with one attached hydrogen (secondary N) is 2. The van der Waals surface area contributed by atoms with Crippen molar-refractivity contribution < 1.29 is 13.2 Å². The molecule has 0 saturated heterocycles. The van der Waals surface area contributed by atoms with Gasteiger partial charge in [-0.25, -0.2) is 20.8 Å². The second kappa shape index (κ2) is 5.92.